The molecule has 2 N–H and O–H groups in total. The normalized spacial score (nSPS) is 20.7. The second kappa shape index (κ2) is 7.18. The van der Waals surface area contributed by atoms with Crippen LogP contribution in [0.2, 0.25) is 4.34 Å². The molecule has 1 fully saturated rings. The summed E-state index contributed by atoms with van der Waals surface area (Å²) in [7, 11) is 0. The van der Waals surface area contributed by atoms with Crippen molar-refractivity contribution in [1.82, 2.24) is 15.3 Å². The Bertz CT molecular complexity index is 855. The number of hydrogen-bond donors (Lipinski definition) is 2. The van der Waals surface area contributed by atoms with E-state index in [9.17, 15) is 4.79 Å². The number of carbonyl (C=O) groups excluding carboxylic acids is 1. The number of imidazole rings is 1. The summed E-state index contributed by atoms with van der Waals surface area (Å²) >= 11 is 7.40. The summed E-state index contributed by atoms with van der Waals surface area (Å²) in [6.45, 7) is 0. The van der Waals surface area contributed by atoms with Gasteiger partial charge in [-0.2, -0.15) is 0 Å². The van der Waals surface area contributed by atoms with E-state index in [-0.39, 0.29) is 11.9 Å². The Labute approximate surface area is 155 Å². The molecule has 1 amide bonds. The van der Waals surface area contributed by atoms with Gasteiger partial charge in [0.2, 0.25) is 5.91 Å². The quantitative estimate of drug-likeness (QED) is 0.698. The topological polar surface area (TPSA) is 57.8 Å². The van der Waals surface area contributed by atoms with E-state index < -0.39 is 0 Å². The molecule has 2 heterocycles. The Morgan fingerprint density at radius 1 is 1.28 bits per heavy atom. The summed E-state index contributed by atoms with van der Waals surface area (Å²) < 4.78 is 0.727. The molecule has 0 aliphatic heterocycles. The molecule has 4 rings (SSSR count). The Morgan fingerprint density at radius 3 is 2.96 bits per heavy atom. The molecule has 1 saturated carbocycles. The number of aromatic nitrogens is 2. The second-order valence-electron chi connectivity index (χ2n) is 6.65. The molecule has 1 aliphatic rings. The maximum absolute atomic E-state index is 12.3. The van der Waals surface area contributed by atoms with Gasteiger partial charge in [0.15, 0.2) is 0 Å². The van der Waals surface area contributed by atoms with Crippen molar-refractivity contribution in [2.24, 2.45) is 0 Å². The number of para-hydroxylation sites is 2. The third-order valence-electron chi connectivity index (χ3n) is 4.80. The number of nitrogens with one attached hydrogen (secondary N) is 2. The lowest BCUT2D eigenvalue weighted by molar-refractivity contribution is -0.121. The summed E-state index contributed by atoms with van der Waals surface area (Å²) in [6.07, 6.45) is 4.61. The lowest BCUT2D eigenvalue weighted by Gasteiger charge is -2.28. The van der Waals surface area contributed by atoms with Crippen molar-refractivity contribution >= 4 is 39.9 Å². The lowest BCUT2D eigenvalue weighted by atomic mass is 9.85. The first-order valence-electron chi connectivity index (χ1n) is 8.65. The number of hydrogen-bond acceptors (Lipinski definition) is 3. The molecule has 130 valence electrons. The zero-order valence-corrected chi connectivity index (χ0v) is 15.4. The highest BCUT2D eigenvalue weighted by atomic mass is 35.5. The molecule has 0 bridgehead atoms. The molecule has 0 saturated heterocycles. The highest BCUT2D eigenvalue weighted by molar-refractivity contribution is 7.16. The van der Waals surface area contributed by atoms with Crippen LogP contribution in [-0.4, -0.2) is 21.9 Å². The highest BCUT2D eigenvalue weighted by Gasteiger charge is 2.26. The van der Waals surface area contributed by atoms with Crippen LogP contribution in [0.3, 0.4) is 0 Å². The minimum atomic E-state index is 0.0776. The first-order chi connectivity index (χ1) is 12.2. The minimum Gasteiger partial charge on any atom is -0.353 e. The number of benzene rings is 1. The molecule has 2 atom stereocenters. The predicted octanol–water partition coefficient (Wildman–Crippen LogP) is 4.66. The van der Waals surface area contributed by atoms with Crippen LogP contribution in [0.25, 0.3) is 11.0 Å². The van der Waals surface area contributed by atoms with Crippen molar-refractivity contribution in [2.75, 3.05) is 0 Å². The van der Waals surface area contributed by atoms with Gasteiger partial charge in [0.05, 0.1) is 21.8 Å². The number of fused-ring (bicyclic) bond motifs is 1. The molecular weight excluding hydrogens is 354 g/mol. The molecule has 6 heteroatoms. The molecule has 0 spiro atoms. The number of rotatable bonds is 4. The zero-order chi connectivity index (χ0) is 17.2. The Hall–Kier alpha value is -1.85. The minimum absolute atomic E-state index is 0.0776. The van der Waals surface area contributed by atoms with Crippen molar-refractivity contribution < 1.29 is 4.79 Å². The van der Waals surface area contributed by atoms with Gasteiger partial charge in [0, 0.05) is 16.8 Å². The van der Waals surface area contributed by atoms with Crippen LogP contribution in [0.15, 0.2) is 36.4 Å². The average Bonchev–Trinajstić information content (AvgIpc) is 3.21. The predicted molar refractivity (Wildman–Crippen MR) is 102 cm³/mol. The molecule has 1 aliphatic carbocycles. The van der Waals surface area contributed by atoms with Crippen molar-refractivity contribution in [3.8, 4) is 0 Å². The summed E-state index contributed by atoms with van der Waals surface area (Å²) in [5.41, 5.74) is 2.09. The molecule has 0 radical (unpaired) electrons. The number of amides is 1. The lowest BCUT2D eigenvalue weighted by Crippen LogP contribution is -2.38. The number of H-pyrrole nitrogens is 1. The first-order valence-corrected chi connectivity index (χ1v) is 9.85. The van der Waals surface area contributed by atoms with Crippen molar-refractivity contribution in [2.45, 2.75) is 44.1 Å². The van der Waals surface area contributed by atoms with Crippen LogP contribution >= 0.6 is 22.9 Å². The summed E-state index contributed by atoms with van der Waals surface area (Å²) in [4.78, 5) is 21.5. The molecule has 3 aromatic rings. The summed E-state index contributed by atoms with van der Waals surface area (Å²) in [6, 6.07) is 12.1. The fraction of sp³-hybridized carbons (Fsp3) is 0.368. The van der Waals surface area contributed by atoms with E-state index in [0.717, 1.165) is 51.8 Å². The maximum atomic E-state index is 12.3. The van der Waals surface area contributed by atoms with E-state index in [4.69, 9.17) is 16.6 Å². The fourth-order valence-electron chi connectivity index (χ4n) is 3.62. The van der Waals surface area contributed by atoms with Crippen LogP contribution < -0.4 is 5.32 Å². The van der Waals surface area contributed by atoms with E-state index in [0.29, 0.717) is 12.3 Å². The molecule has 2 aromatic heterocycles. The van der Waals surface area contributed by atoms with E-state index in [1.807, 2.05) is 30.3 Å². The van der Waals surface area contributed by atoms with Gasteiger partial charge in [-0.15, -0.1) is 11.3 Å². The molecule has 2 unspecified atom stereocenters. The van der Waals surface area contributed by atoms with Crippen LogP contribution in [-0.2, 0) is 11.2 Å². The number of nitrogens with zero attached hydrogens (tertiary/aromatic N) is 1. The van der Waals surface area contributed by atoms with Crippen LogP contribution in [0, 0.1) is 0 Å². The standard InChI is InChI=1S/C19H20ClN3OS/c20-17-9-8-14(25-17)11-18(24)21-13-5-3-4-12(10-13)19-22-15-6-1-2-7-16(15)23-19/h1-2,6-9,12-13H,3-5,10-11H2,(H,21,24)(H,22,23). The van der Waals surface area contributed by atoms with Gasteiger partial charge in [0.25, 0.3) is 0 Å². The van der Waals surface area contributed by atoms with Crippen molar-refractivity contribution in [3.05, 3.63) is 51.4 Å². The van der Waals surface area contributed by atoms with Gasteiger partial charge in [0.1, 0.15) is 5.82 Å². The van der Waals surface area contributed by atoms with E-state index in [1.54, 1.807) is 0 Å². The molecule has 25 heavy (non-hydrogen) atoms. The van der Waals surface area contributed by atoms with Crippen molar-refractivity contribution in [3.63, 3.8) is 0 Å². The van der Waals surface area contributed by atoms with Gasteiger partial charge in [-0.3, -0.25) is 4.79 Å². The largest absolute Gasteiger partial charge is 0.353 e. The Kier molecular flexibility index (Phi) is 4.77. The second-order valence-corrected chi connectivity index (χ2v) is 8.45. The average molecular weight is 374 g/mol. The Balaban J connectivity index is 1.39. The van der Waals surface area contributed by atoms with Gasteiger partial charge in [-0.1, -0.05) is 30.2 Å². The van der Waals surface area contributed by atoms with Gasteiger partial charge >= 0.3 is 0 Å². The van der Waals surface area contributed by atoms with Crippen LogP contribution in [0.4, 0.5) is 0 Å². The number of thiophene rings is 1. The first kappa shape index (κ1) is 16.6. The number of carbonyl (C=O) groups is 1. The monoisotopic (exact) mass is 373 g/mol. The van der Waals surface area contributed by atoms with E-state index in [1.165, 1.54) is 11.3 Å². The van der Waals surface area contributed by atoms with Crippen LogP contribution in [0.5, 0.6) is 0 Å². The third kappa shape index (κ3) is 3.88. The summed E-state index contributed by atoms with van der Waals surface area (Å²) in [5, 5.41) is 3.19. The highest BCUT2D eigenvalue weighted by Crippen LogP contribution is 2.32. The number of halogens is 1. The smallest absolute Gasteiger partial charge is 0.225 e. The Morgan fingerprint density at radius 2 is 2.16 bits per heavy atom. The van der Waals surface area contributed by atoms with Gasteiger partial charge in [-0.05, 0) is 43.5 Å². The molecule has 1 aromatic carbocycles. The maximum Gasteiger partial charge on any atom is 0.225 e. The summed E-state index contributed by atoms with van der Waals surface area (Å²) in [5.74, 6) is 1.50. The third-order valence-corrected chi connectivity index (χ3v) is 6.03. The van der Waals surface area contributed by atoms with Crippen molar-refractivity contribution in [1.29, 1.82) is 0 Å². The SMILES string of the molecule is O=C(Cc1ccc(Cl)s1)NC1CCCC(c2nc3ccccc3[nH]2)C1. The fourth-order valence-corrected chi connectivity index (χ4v) is 4.71. The number of aromatic amines is 1. The molecular formula is C19H20ClN3OS. The van der Waals surface area contributed by atoms with Crippen LogP contribution in [0.1, 0.15) is 42.3 Å². The zero-order valence-electron chi connectivity index (χ0n) is 13.8. The van der Waals surface area contributed by atoms with E-state index in [2.05, 4.69) is 16.4 Å². The van der Waals surface area contributed by atoms with Gasteiger partial charge in [-0.25, -0.2) is 4.98 Å². The molecule has 4 nitrogen and oxygen atoms in total. The van der Waals surface area contributed by atoms with E-state index >= 15 is 0 Å². The van der Waals surface area contributed by atoms with Gasteiger partial charge < -0.3 is 10.3 Å².